The van der Waals surface area contributed by atoms with Crippen LogP contribution >= 0.6 is 22.9 Å². The molecule has 0 unspecified atom stereocenters. The van der Waals surface area contributed by atoms with E-state index in [1.54, 1.807) is 18.4 Å². The number of nitrogens with one attached hydrogen (secondary N) is 2. The number of halogens is 1. The Hall–Kier alpha value is -1.99. The number of aromatic amines is 1. The fourth-order valence-electron chi connectivity index (χ4n) is 1.76. The molecule has 21 heavy (non-hydrogen) atoms. The van der Waals surface area contributed by atoms with Crippen LogP contribution in [0.3, 0.4) is 0 Å². The van der Waals surface area contributed by atoms with Gasteiger partial charge >= 0.3 is 10.8 Å². The monoisotopic (exact) mass is 327 g/mol. The van der Waals surface area contributed by atoms with Crippen molar-refractivity contribution < 1.29 is 9.53 Å². The number of rotatable bonds is 5. The number of nitrogen functional groups attached to an aromatic ring is 1. The summed E-state index contributed by atoms with van der Waals surface area (Å²) in [6.45, 7) is 2.30. The quantitative estimate of drug-likeness (QED) is 0.579. The summed E-state index contributed by atoms with van der Waals surface area (Å²) in [6, 6.07) is 3.05. The smallest absolute Gasteiger partial charge is 0.340 e. The fourth-order valence-corrected chi connectivity index (χ4v) is 2.64. The summed E-state index contributed by atoms with van der Waals surface area (Å²) in [5, 5.41) is 5.04. The van der Waals surface area contributed by atoms with E-state index in [0.717, 1.165) is 11.3 Å². The Morgan fingerprint density at radius 1 is 1.52 bits per heavy atom. The third-order valence-corrected chi connectivity index (χ3v) is 3.65. The van der Waals surface area contributed by atoms with E-state index in [2.05, 4.69) is 10.3 Å². The zero-order valence-corrected chi connectivity index (χ0v) is 12.8. The first-order chi connectivity index (χ1) is 10.0. The second-order valence-electron chi connectivity index (χ2n) is 4.17. The van der Waals surface area contributed by atoms with Crippen LogP contribution in [0, 0.1) is 0 Å². The number of benzene rings is 1. The number of carbonyl (C=O) groups excluding carboxylic acids is 1. The van der Waals surface area contributed by atoms with Gasteiger partial charge in [0.25, 0.3) is 0 Å². The molecule has 0 aliphatic carbocycles. The maximum Gasteiger partial charge on any atom is 0.340 e. The molecule has 0 saturated carbocycles. The lowest BCUT2D eigenvalue weighted by molar-refractivity contribution is 0.0527. The zero-order chi connectivity index (χ0) is 15.4. The average Bonchev–Trinajstić information content (AvgIpc) is 2.83. The molecule has 0 atom stereocenters. The Morgan fingerprint density at radius 3 is 2.90 bits per heavy atom. The second-order valence-corrected chi connectivity index (χ2v) is 5.42. The molecule has 2 rings (SSSR count). The molecule has 0 fully saturated rings. The van der Waals surface area contributed by atoms with Crippen LogP contribution in [0.5, 0.6) is 0 Å². The van der Waals surface area contributed by atoms with Crippen LogP contribution in [0.15, 0.2) is 22.3 Å². The first-order valence-electron chi connectivity index (χ1n) is 6.18. The number of thiazole rings is 1. The molecule has 0 spiro atoms. The normalized spacial score (nSPS) is 10.4. The molecule has 0 aliphatic heterocycles. The summed E-state index contributed by atoms with van der Waals surface area (Å²) in [7, 11) is 0. The van der Waals surface area contributed by atoms with Crippen LogP contribution in [0.4, 0.5) is 11.4 Å². The van der Waals surface area contributed by atoms with Crippen LogP contribution in [-0.4, -0.2) is 17.6 Å². The van der Waals surface area contributed by atoms with Crippen molar-refractivity contribution in [1.82, 2.24) is 4.98 Å². The van der Waals surface area contributed by atoms with Crippen LogP contribution < -0.4 is 15.9 Å². The standard InChI is InChI=1S/C13H14ClN3O3S/c1-2-20-12(18)9-3-7(15)4-10(14)11(9)16-5-8-6-21-13(19)17-8/h3-4,6,16H,2,5,15H2,1H3,(H,17,19). The van der Waals surface area contributed by atoms with Gasteiger partial charge in [-0.2, -0.15) is 0 Å². The zero-order valence-electron chi connectivity index (χ0n) is 11.2. The van der Waals surface area contributed by atoms with Gasteiger partial charge in [0.05, 0.1) is 29.4 Å². The molecule has 1 heterocycles. The van der Waals surface area contributed by atoms with Crippen molar-refractivity contribution >= 4 is 40.3 Å². The predicted molar refractivity (Wildman–Crippen MR) is 84.1 cm³/mol. The Morgan fingerprint density at radius 2 is 2.29 bits per heavy atom. The van der Waals surface area contributed by atoms with Crippen molar-refractivity contribution in [3.05, 3.63) is 43.5 Å². The fraction of sp³-hybridized carbons (Fsp3) is 0.231. The highest BCUT2D eigenvalue weighted by molar-refractivity contribution is 7.07. The van der Waals surface area contributed by atoms with E-state index in [-0.39, 0.29) is 17.0 Å². The lowest BCUT2D eigenvalue weighted by Gasteiger charge is -2.13. The highest BCUT2D eigenvalue weighted by atomic mass is 35.5. The molecule has 1 aromatic heterocycles. The van der Waals surface area contributed by atoms with E-state index >= 15 is 0 Å². The number of esters is 1. The van der Waals surface area contributed by atoms with Crippen LogP contribution in [0.25, 0.3) is 0 Å². The summed E-state index contributed by atoms with van der Waals surface area (Å²) in [4.78, 5) is 25.6. The molecule has 0 radical (unpaired) electrons. The van der Waals surface area contributed by atoms with Crippen molar-refractivity contribution in [3.63, 3.8) is 0 Å². The van der Waals surface area contributed by atoms with Crippen molar-refractivity contribution in [1.29, 1.82) is 0 Å². The molecule has 0 aliphatic rings. The van der Waals surface area contributed by atoms with Gasteiger partial charge in [0, 0.05) is 16.8 Å². The molecule has 6 nitrogen and oxygen atoms in total. The van der Waals surface area contributed by atoms with Gasteiger partial charge in [-0.25, -0.2) is 4.79 Å². The van der Waals surface area contributed by atoms with E-state index in [9.17, 15) is 9.59 Å². The van der Waals surface area contributed by atoms with Crippen molar-refractivity contribution in [3.8, 4) is 0 Å². The minimum Gasteiger partial charge on any atom is -0.462 e. The van der Waals surface area contributed by atoms with Gasteiger partial charge in [-0.3, -0.25) is 4.79 Å². The first-order valence-corrected chi connectivity index (χ1v) is 7.43. The van der Waals surface area contributed by atoms with E-state index in [1.807, 2.05) is 0 Å². The van der Waals surface area contributed by atoms with Gasteiger partial charge < -0.3 is 20.8 Å². The minimum atomic E-state index is -0.506. The number of ether oxygens (including phenoxy) is 1. The number of nitrogens with two attached hydrogens (primary N) is 1. The number of H-pyrrole nitrogens is 1. The predicted octanol–water partition coefficient (Wildman–Crippen LogP) is 2.46. The van der Waals surface area contributed by atoms with Gasteiger partial charge in [-0.1, -0.05) is 22.9 Å². The van der Waals surface area contributed by atoms with Crippen molar-refractivity contribution in [2.75, 3.05) is 17.7 Å². The Balaban J connectivity index is 2.28. The maximum absolute atomic E-state index is 12.0. The van der Waals surface area contributed by atoms with E-state index in [0.29, 0.717) is 28.6 Å². The molecule has 8 heteroatoms. The maximum atomic E-state index is 12.0. The molecule has 0 saturated heterocycles. The Labute approximate surface area is 129 Å². The summed E-state index contributed by atoms with van der Waals surface area (Å²) >= 11 is 7.20. The Bertz CT molecular complexity index is 711. The van der Waals surface area contributed by atoms with E-state index < -0.39 is 5.97 Å². The van der Waals surface area contributed by atoms with Crippen LogP contribution in [-0.2, 0) is 11.3 Å². The molecule has 0 amide bonds. The van der Waals surface area contributed by atoms with Gasteiger partial charge in [0.15, 0.2) is 0 Å². The van der Waals surface area contributed by atoms with Crippen molar-refractivity contribution in [2.45, 2.75) is 13.5 Å². The largest absolute Gasteiger partial charge is 0.462 e. The molecule has 112 valence electrons. The van der Waals surface area contributed by atoms with E-state index in [1.165, 1.54) is 6.07 Å². The number of anilines is 2. The average molecular weight is 328 g/mol. The molecule has 1 aromatic carbocycles. The number of carbonyl (C=O) groups is 1. The molecule has 4 N–H and O–H groups in total. The van der Waals surface area contributed by atoms with Crippen molar-refractivity contribution in [2.24, 2.45) is 0 Å². The van der Waals surface area contributed by atoms with E-state index in [4.69, 9.17) is 22.1 Å². The summed E-state index contributed by atoms with van der Waals surface area (Å²) in [5.41, 5.74) is 7.47. The van der Waals surface area contributed by atoms with Crippen LogP contribution in [0.1, 0.15) is 23.0 Å². The second kappa shape index (κ2) is 6.64. The van der Waals surface area contributed by atoms with Gasteiger partial charge in [0.1, 0.15) is 0 Å². The highest BCUT2D eigenvalue weighted by Crippen LogP contribution is 2.30. The highest BCUT2D eigenvalue weighted by Gasteiger charge is 2.16. The van der Waals surface area contributed by atoms with Gasteiger partial charge in [-0.15, -0.1) is 0 Å². The van der Waals surface area contributed by atoms with Gasteiger partial charge in [-0.05, 0) is 19.1 Å². The minimum absolute atomic E-state index is 0.138. The molecular weight excluding hydrogens is 314 g/mol. The lowest BCUT2D eigenvalue weighted by Crippen LogP contribution is -2.11. The number of aromatic nitrogens is 1. The topological polar surface area (TPSA) is 97.2 Å². The van der Waals surface area contributed by atoms with Crippen LogP contribution in [0.2, 0.25) is 5.02 Å². The first kappa shape index (κ1) is 15.4. The third-order valence-electron chi connectivity index (χ3n) is 2.63. The molecule has 0 bridgehead atoms. The number of hydrogen-bond donors (Lipinski definition) is 3. The SMILES string of the molecule is CCOC(=O)c1cc(N)cc(Cl)c1NCc1csc(=O)[nH]1. The summed E-state index contributed by atoms with van der Waals surface area (Å²) < 4.78 is 4.99. The number of hydrogen-bond acceptors (Lipinski definition) is 6. The van der Waals surface area contributed by atoms with Gasteiger partial charge in [0.2, 0.25) is 0 Å². The molecule has 2 aromatic rings. The Kier molecular flexibility index (Phi) is 4.87. The summed E-state index contributed by atoms with van der Waals surface area (Å²) in [5.74, 6) is -0.506. The lowest BCUT2D eigenvalue weighted by atomic mass is 10.1. The third kappa shape index (κ3) is 3.77. The molecular formula is C13H14ClN3O3S. The summed E-state index contributed by atoms with van der Waals surface area (Å²) in [6.07, 6.45) is 0.